The van der Waals surface area contributed by atoms with Crippen LogP contribution in [0.1, 0.15) is 21.5 Å². The number of amides is 2. The van der Waals surface area contributed by atoms with Crippen molar-refractivity contribution in [1.82, 2.24) is 5.32 Å². The van der Waals surface area contributed by atoms with Gasteiger partial charge in [-0.3, -0.25) is 9.59 Å². The van der Waals surface area contributed by atoms with E-state index in [9.17, 15) is 9.59 Å². The van der Waals surface area contributed by atoms with Crippen molar-refractivity contribution in [3.8, 4) is 0 Å². The van der Waals surface area contributed by atoms with Gasteiger partial charge in [-0.2, -0.15) is 0 Å². The summed E-state index contributed by atoms with van der Waals surface area (Å²) in [5, 5.41) is 2.98. The highest BCUT2D eigenvalue weighted by molar-refractivity contribution is 6.33. The van der Waals surface area contributed by atoms with Gasteiger partial charge in [0.05, 0.1) is 10.6 Å². The monoisotopic (exact) mass is 316 g/mol. The van der Waals surface area contributed by atoms with E-state index in [1.54, 1.807) is 24.3 Å². The molecule has 2 rings (SSSR count). The quantitative estimate of drug-likeness (QED) is 0.889. The summed E-state index contributed by atoms with van der Waals surface area (Å²) in [5.74, 6) is -0.994. The Labute approximate surface area is 134 Å². The Hall–Kier alpha value is -2.33. The van der Waals surface area contributed by atoms with Gasteiger partial charge in [-0.15, -0.1) is 0 Å². The maximum atomic E-state index is 12.3. The van der Waals surface area contributed by atoms with E-state index in [0.29, 0.717) is 17.0 Å². The van der Waals surface area contributed by atoms with Gasteiger partial charge in [-0.1, -0.05) is 48.0 Å². The molecule has 3 N–H and O–H groups in total. The van der Waals surface area contributed by atoms with E-state index < -0.39 is 17.9 Å². The number of aryl methyl sites for hydroxylation is 1. The van der Waals surface area contributed by atoms with Gasteiger partial charge in [0.1, 0.15) is 6.04 Å². The lowest BCUT2D eigenvalue weighted by Crippen LogP contribution is -2.46. The molecule has 0 aromatic heterocycles. The number of halogens is 1. The molecule has 2 aromatic rings. The fraction of sp³-hybridized carbons (Fsp3) is 0.176. The van der Waals surface area contributed by atoms with Crippen molar-refractivity contribution in [2.75, 3.05) is 0 Å². The zero-order valence-corrected chi connectivity index (χ0v) is 12.9. The number of hydrogen-bond acceptors (Lipinski definition) is 2. The number of rotatable bonds is 5. The average molecular weight is 317 g/mol. The first-order chi connectivity index (χ1) is 10.5. The molecule has 0 bridgehead atoms. The van der Waals surface area contributed by atoms with Crippen LogP contribution in [0.3, 0.4) is 0 Å². The topological polar surface area (TPSA) is 72.2 Å². The molecular formula is C17H17ClN2O2. The van der Waals surface area contributed by atoms with Crippen LogP contribution in [-0.2, 0) is 11.2 Å². The minimum absolute atomic E-state index is 0.320. The largest absolute Gasteiger partial charge is 0.368 e. The number of nitrogens with one attached hydrogen (secondary N) is 1. The van der Waals surface area contributed by atoms with Crippen LogP contribution < -0.4 is 11.1 Å². The lowest BCUT2D eigenvalue weighted by atomic mass is 10.0. The van der Waals surface area contributed by atoms with Gasteiger partial charge in [-0.05, 0) is 30.2 Å². The van der Waals surface area contributed by atoms with Crippen LogP contribution in [0, 0.1) is 6.92 Å². The van der Waals surface area contributed by atoms with E-state index in [1.165, 1.54) is 0 Å². The van der Waals surface area contributed by atoms with Crippen molar-refractivity contribution in [2.45, 2.75) is 19.4 Å². The van der Waals surface area contributed by atoms with Crippen LogP contribution >= 0.6 is 11.6 Å². The van der Waals surface area contributed by atoms with Crippen molar-refractivity contribution in [3.63, 3.8) is 0 Å². The summed E-state index contributed by atoms with van der Waals surface area (Å²) in [7, 11) is 0. The van der Waals surface area contributed by atoms with E-state index >= 15 is 0 Å². The molecule has 0 saturated heterocycles. The molecule has 0 spiro atoms. The van der Waals surface area contributed by atoms with E-state index in [-0.39, 0.29) is 0 Å². The maximum absolute atomic E-state index is 12.3. The van der Waals surface area contributed by atoms with Crippen LogP contribution in [0.4, 0.5) is 0 Å². The highest BCUT2D eigenvalue weighted by Crippen LogP contribution is 2.15. The lowest BCUT2D eigenvalue weighted by Gasteiger charge is -2.17. The molecular weight excluding hydrogens is 300 g/mol. The Kier molecular flexibility index (Phi) is 5.17. The standard InChI is InChI=1S/C17H17ClN2O2/c1-11-6-2-3-7-12(11)10-15(16(19)21)20-17(22)13-8-4-5-9-14(13)18/h2-9,15H,10H2,1H3,(H2,19,21)(H,20,22)/t15-/m0/s1. The van der Waals surface area contributed by atoms with Crippen LogP contribution in [-0.4, -0.2) is 17.9 Å². The van der Waals surface area contributed by atoms with Crippen molar-refractivity contribution in [3.05, 3.63) is 70.2 Å². The smallest absolute Gasteiger partial charge is 0.253 e. The van der Waals surface area contributed by atoms with Crippen LogP contribution in [0.5, 0.6) is 0 Å². The predicted molar refractivity (Wildman–Crippen MR) is 86.8 cm³/mol. The molecule has 0 radical (unpaired) electrons. The van der Waals surface area contributed by atoms with Gasteiger partial charge in [0.25, 0.3) is 5.91 Å². The fourth-order valence-electron chi connectivity index (χ4n) is 2.16. The highest BCUT2D eigenvalue weighted by atomic mass is 35.5. The van der Waals surface area contributed by atoms with E-state index in [2.05, 4.69) is 5.32 Å². The molecule has 4 nitrogen and oxygen atoms in total. The van der Waals surface area contributed by atoms with Gasteiger partial charge >= 0.3 is 0 Å². The fourth-order valence-corrected chi connectivity index (χ4v) is 2.38. The van der Waals surface area contributed by atoms with Crippen molar-refractivity contribution in [1.29, 1.82) is 0 Å². The highest BCUT2D eigenvalue weighted by Gasteiger charge is 2.21. The Balaban J connectivity index is 2.16. The molecule has 2 amide bonds. The zero-order chi connectivity index (χ0) is 16.1. The molecule has 2 aromatic carbocycles. The Morgan fingerprint density at radius 3 is 2.41 bits per heavy atom. The molecule has 0 saturated carbocycles. The summed E-state index contributed by atoms with van der Waals surface area (Å²) in [4.78, 5) is 23.9. The minimum atomic E-state index is -0.787. The van der Waals surface area contributed by atoms with E-state index in [0.717, 1.165) is 11.1 Å². The summed E-state index contributed by atoms with van der Waals surface area (Å²) in [6.45, 7) is 1.95. The molecule has 0 heterocycles. The number of primary amides is 1. The molecule has 22 heavy (non-hydrogen) atoms. The van der Waals surface area contributed by atoms with Crippen LogP contribution in [0.2, 0.25) is 5.02 Å². The summed E-state index contributed by atoms with van der Waals surface area (Å²) in [5.41, 5.74) is 7.74. The molecule has 0 fully saturated rings. The van der Waals surface area contributed by atoms with Crippen LogP contribution in [0.15, 0.2) is 48.5 Å². The third-order valence-electron chi connectivity index (χ3n) is 3.45. The molecule has 0 aliphatic heterocycles. The number of benzene rings is 2. The van der Waals surface area contributed by atoms with Crippen molar-refractivity contribution in [2.24, 2.45) is 5.73 Å². The maximum Gasteiger partial charge on any atom is 0.253 e. The first-order valence-electron chi connectivity index (χ1n) is 6.88. The van der Waals surface area contributed by atoms with E-state index in [4.69, 9.17) is 17.3 Å². The van der Waals surface area contributed by atoms with Gasteiger partial charge < -0.3 is 11.1 Å². The first-order valence-corrected chi connectivity index (χ1v) is 7.26. The number of nitrogens with two attached hydrogens (primary N) is 1. The summed E-state index contributed by atoms with van der Waals surface area (Å²) in [6, 6.07) is 13.5. The molecule has 1 atom stereocenters. The third-order valence-corrected chi connectivity index (χ3v) is 3.78. The van der Waals surface area contributed by atoms with Crippen LogP contribution in [0.25, 0.3) is 0 Å². The molecule has 0 unspecified atom stereocenters. The lowest BCUT2D eigenvalue weighted by molar-refractivity contribution is -0.119. The van der Waals surface area contributed by atoms with Crippen molar-refractivity contribution >= 4 is 23.4 Å². The Morgan fingerprint density at radius 1 is 1.14 bits per heavy atom. The van der Waals surface area contributed by atoms with Gasteiger partial charge in [0.15, 0.2) is 0 Å². The number of carbonyl (C=O) groups is 2. The second-order valence-electron chi connectivity index (χ2n) is 5.04. The first kappa shape index (κ1) is 16.0. The van der Waals surface area contributed by atoms with Crippen molar-refractivity contribution < 1.29 is 9.59 Å². The molecule has 114 valence electrons. The number of hydrogen-bond donors (Lipinski definition) is 2. The summed E-state index contributed by atoms with van der Waals surface area (Å²) < 4.78 is 0. The zero-order valence-electron chi connectivity index (χ0n) is 12.2. The minimum Gasteiger partial charge on any atom is -0.368 e. The average Bonchev–Trinajstić information content (AvgIpc) is 2.49. The molecule has 0 aliphatic carbocycles. The SMILES string of the molecule is Cc1ccccc1C[C@H](NC(=O)c1ccccc1Cl)C(N)=O. The summed E-state index contributed by atoms with van der Waals surface area (Å²) >= 11 is 5.99. The Morgan fingerprint density at radius 2 is 1.77 bits per heavy atom. The number of carbonyl (C=O) groups excluding carboxylic acids is 2. The van der Waals surface area contributed by atoms with Gasteiger partial charge in [-0.25, -0.2) is 0 Å². The predicted octanol–water partition coefficient (Wildman–Crippen LogP) is 2.47. The molecule has 0 aliphatic rings. The normalized spacial score (nSPS) is 11.7. The summed E-state index contributed by atoms with van der Waals surface area (Å²) in [6.07, 6.45) is 0.345. The molecule has 5 heteroatoms. The van der Waals surface area contributed by atoms with Gasteiger partial charge in [0, 0.05) is 6.42 Å². The Bertz CT molecular complexity index is 701. The second-order valence-corrected chi connectivity index (χ2v) is 5.45. The third kappa shape index (κ3) is 3.86. The second kappa shape index (κ2) is 7.09. The van der Waals surface area contributed by atoms with Gasteiger partial charge in [0.2, 0.25) is 5.91 Å². The van der Waals surface area contributed by atoms with E-state index in [1.807, 2.05) is 31.2 Å².